The van der Waals surface area contributed by atoms with Crippen LogP contribution in [0.3, 0.4) is 0 Å². The van der Waals surface area contributed by atoms with E-state index in [9.17, 15) is 18.0 Å². The summed E-state index contributed by atoms with van der Waals surface area (Å²) in [5.41, 5.74) is 1.14. The molecule has 0 saturated carbocycles. The summed E-state index contributed by atoms with van der Waals surface area (Å²) in [6, 6.07) is 6.75. The standard InChI is InChI=1S/C14H14F3N3O2S/c1-9(22-8-14(15,16)17)12(21)19-10-3-2-4-11(7-10)20-6-5-18-13(20)23/h2-7,9H,8H2,1H3,(H,18,23)(H,19,21)/t9-/m1/s1. The van der Waals surface area contributed by atoms with Gasteiger partial charge in [-0.25, -0.2) is 0 Å². The number of amides is 1. The highest BCUT2D eigenvalue weighted by Gasteiger charge is 2.29. The highest BCUT2D eigenvalue weighted by atomic mass is 32.1. The molecule has 0 radical (unpaired) electrons. The Bertz CT molecular complexity index is 739. The van der Waals surface area contributed by atoms with E-state index in [4.69, 9.17) is 12.2 Å². The normalized spacial score (nSPS) is 12.9. The average Bonchev–Trinajstić information content (AvgIpc) is 2.90. The molecule has 5 nitrogen and oxygen atoms in total. The van der Waals surface area contributed by atoms with Crippen LogP contribution in [0.25, 0.3) is 5.69 Å². The Morgan fingerprint density at radius 1 is 1.48 bits per heavy atom. The number of halogens is 3. The molecule has 1 atom stereocenters. The number of hydrogen-bond donors (Lipinski definition) is 2. The molecule has 0 fully saturated rings. The van der Waals surface area contributed by atoms with E-state index in [2.05, 4.69) is 15.0 Å². The predicted molar refractivity (Wildman–Crippen MR) is 81.1 cm³/mol. The van der Waals surface area contributed by atoms with Gasteiger partial charge in [0.15, 0.2) is 4.77 Å². The molecule has 1 heterocycles. The highest BCUT2D eigenvalue weighted by Crippen LogP contribution is 2.17. The van der Waals surface area contributed by atoms with Crippen molar-refractivity contribution < 1.29 is 22.7 Å². The monoisotopic (exact) mass is 345 g/mol. The van der Waals surface area contributed by atoms with Gasteiger partial charge in [0.25, 0.3) is 5.91 Å². The maximum Gasteiger partial charge on any atom is 0.411 e. The Labute approximate surface area is 135 Å². The number of aromatic amines is 1. The molecule has 0 saturated heterocycles. The highest BCUT2D eigenvalue weighted by molar-refractivity contribution is 7.71. The summed E-state index contributed by atoms with van der Waals surface area (Å²) in [6.07, 6.45) is -2.31. The number of carbonyl (C=O) groups is 1. The van der Waals surface area contributed by atoms with Gasteiger partial charge in [0.2, 0.25) is 0 Å². The van der Waals surface area contributed by atoms with Crippen LogP contribution in [0.4, 0.5) is 18.9 Å². The minimum atomic E-state index is -4.47. The summed E-state index contributed by atoms with van der Waals surface area (Å²) in [5, 5.41) is 2.51. The number of nitrogens with one attached hydrogen (secondary N) is 2. The Kier molecular flexibility index (Phi) is 5.22. The second-order valence-electron chi connectivity index (χ2n) is 4.74. The zero-order valence-electron chi connectivity index (χ0n) is 12.1. The molecular weight excluding hydrogens is 331 g/mol. The molecule has 0 aliphatic carbocycles. The second kappa shape index (κ2) is 6.97. The first-order valence-electron chi connectivity index (χ1n) is 6.62. The molecule has 1 aromatic carbocycles. The first-order chi connectivity index (χ1) is 10.8. The van der Waals surface area contributed by atoms with Crippen molar-refractivity contribution in [1.29, 1.82) is 0 Å². The number of alkyl halides is 3. The van der Waals surface area contributed by atoms with Gasteiger partial charge in [-0.15, -0.1) is 0 Å². The summed E-state index contributed by atoms with van der Waals surface area (Å²) < 4.78 is 42.9. The van der Waals surface area contributed by atoms with E-state index in [0.29, 0.717) is 16.1 Å². The zero-order valence-corrected chi connectivity index (χ0v) is 12.9. The van der Waals surface area contributed by atoms with Crippen LogP contribution >= 0.6 is 12.2 Å². The second-order valence-corrected chi connectivity index (χ2v) is 5.13. The Morgan fingerprint density at radius 2 is 2.22 bits per heavy atom. The van der Waals surface area contributed by atoms with E-state index in [1.807, 2.05) is 0 Å². The number of imidazole rings is 1. The van der Waals surface area contributed by atoms with Gasteiger partial charge in [0.1, 0.15) is 12.7 Å². The lowest BCUT2D eigenvalue weighted by molar-refractivity contribution is -0.184. The molecule has 2 aromatic rings. The fraction of sp³-hybridized carbons (Fsp3) is 0.286. The van der Waals surface area contributed by atoms with Crippen LogP contribution in [0.5, 0.6) is 0 Å². The number of anilines is 1. The molecule has 23 heavy (non-hydrogen) atoms. The molecule has 0 spiro atoms. The third kappa shape index (κ3) is 4.93. The van der Waals surface area contributed by atoms with Crippen molar-refractivity contribution in [3.8, 4) is 5.69 Å². The third-order valence-electron chi connectivity index (χ3n) is 2.91. The molecule has 9 heteroatoms. The van der Waals surface area contributed by atoms with Gasteiger partial charge in [-0.3, -0.25) is 9.36 Å². The molecule has 2 rings (SSSR count). The van der Waals surface area contributed by atoms with E-state index >= 15 is 0 Å². The number of hydrogen-bond acceptors (Lipinski definition) is 3. The van der Waals surface area contributed by atoms with Crippen LogP contribution in [0.1, 0.15) is 6.92 Å². The van der Waals surface area contributed by atoms with Gasteiger partial charge < -0.3 is 15.0 Å². The number of benzene rings is 1. The van der Waals surface area contributed by atoms with E-state index < -0.39 is 24.8 Å². The van der Waals surface area contributed by atoms with Gasteiger partial charge >= 0.3 is 6.18 Å². The van der Waals surface area contributed by atoms with Gasteiger partial charge in [-0.2, -0.15) is 13.2 Å². The summed E-state index contributed by atoms with van der Waals surface area (Å²) >= 11 is 5.10. The molecule has 0 unspecified atom stereocenters. The maximum absolute atomic E-state index is 12.1. The van der Waals surface area contributed by atoms with Crippen molar-refractivity contribution in [3.63, 3.8) is 0 Å². The van der Waals surface area contributed by atoms with Gasteiger partial charge in [-0.05, 0) is 37.3 Å². The minimum Gasteiger partial charge on any atom is -0.359 e. The molecule has 0 bridgehead atoms. The lowest BCUT2D eigenvalue weighted by atomic mass is 10.2. The fourth-order valence-electron chi connectivity index (χ4n) is 1.80. The van der Waals surface area contributed by atoms with E-state index in [-0.39, 0.29) is 0 Å². The van der Waals surface area contributed by atoms with Crippen molar-refractivity contribution in [1.82, 2.24) is 9.55 Å². The van der Waals surface area contributed by atoms with Gasteiger partial charge in [0.05, 0.1) is 0 Å². The third-order valence-corrected chi connectivity index (χ3v) is 3.22. The average molecular weight is 345 g/mol. The van der Waals surface area contributed by atoms with Crippen molar-refractivity contribution in [2.75, 3.05) is 11.9 Å². The predicted octanol–water partition coefficient (Wildman–Crippen LogP) is 3.44. The van der Waals surface area contributed by atoms with Crippen molar-refractivity contribution in [3.05, 3.63) is 41.4 Å². The van der Waals surface area contributed by atoms with E-state index in [0.717, 1.165) is 0 Å². The van der Waals surface area contributed by atoms with Crippen molar-refractivity contribution in [2.24, 2.45) is 0 Å². The summed E-state index contributed by atoms with van der Waals surface area (Å²) in [4.78, 5) is 14.7. The Morgan fingerprint density at radius 3 is 2.83 bits per heavy atom. The molecule has 2 N–H and O–H groups in total. The fourth-order valence-corrected chi connectivity index (χ4v) is 2.03. The molecule has 0 aliphatic heterocycles. The number of H-pyrrole nitrogens is 1. The number of aromatic nitrogens is 2. The SMILES string of the molecule is C[C@@H](OCC(F)(F)F)C(=O)Nc1cccc(-n2cc[nH]c2=S)c1. The van der Waals surface area contributed by atoms with Gasteiger partial charge in [0, 0.05) is 23.8 Å². The summed E-state index contributed by atoms with van der Waals surface area (Å²) in [7, 11) is 0. The van der Waals surface area contributed by atoms with Crippen LogP contribution in [0.2, 0.25) is 0 Å². The summed E-state index contributed by atoms with van der Waals surface area (Å²) in [6.45, 7) is -0.215. The van der Waals surface area contributed by atoms with E-state index in [1.54, 1.807) is 41.2 Å². The molecule has 0 aliphatic rings. The Balaban J connectivity index is 2.04. The largest absolute Gasteiger partial charge is 0.411 e. The Hall–Kier alpha value is -2.13. The van der Waals surface area contributed by atoms with Crippen LogP contribution in [-0.2, 0) is 9.53 Å². The van der Waals surface area contributed by atoms with Crippen LogP contribution in [0, 0.1) is 4.77 Å². The lowest BCUT2D eigenvalue weighted by Gasteiger charge is -2.15. The van der Waals surface area contributed by atoms with E-state index in [1.165, 1.54) is 6.92 Å². The van der Waals surface area contributed by atoms with Crippen LogP contribution < -0.4 is 5.32 Å². The number of rotatable bonds is 5. The summed E-state index contributed by atoms with van der Waals surface area (Å²) in [5.74, 6) is -0.663. The number of carbonyl (C=O) groups excluding carboxylic acids is 1. The quantitative estimate of drug-likeness (QED) is 0.816. The first-order valence-corrected chi connectivity index (χ1v) is 7.03. The smallest absolute Gasteiger partial charge is 0.359 e. The minimum absolute atomic E-state index is 0.429. The molecule has 1 aromatic heterocycles. The van der Waals surface area contributed by atoms with Crippen LogP contribution in [0.15, 0.2) is 36.7 Å². The van der Waals surface area contributed by atoms with Crippen molar-refractivity contribution >= 4 is 23.8 Å². The van der Waals surface area contributed by atoms with Gasteiger partial charge in [-0.1, -0.05) is 6.07 Å². The topological polar surface area (TPSA) is 59.0 Å². The molecule has 1 amide bonds. The van der Waals surface area contributed by atoms with Crippen LogP contribution in [-0.4, -0.2) is 34.3 Å². The van der Waals surface area contributed by atoms with Crippen molar-refractivity contribution in [2.45, 2.75) is 19.2 Å². The number of ether oxygens (including phenoxy) is 1. The number of nitrogens with zero attached hydrogens (tertiary/aromatic N) is 1. The molecule has 124 valence electrons. The lowest BCUT2D eigenvalue weighted by Crippen LogP contribution is -2.31. The first kappa shape index (κ1) is 17.2. The maximum atomic E-state index is 12.1. The molecular formula is C14H14F3N3O2S. The zero-order chi connectivity index (χ0) is 17.0.